The minimum atomic E-state index is -0.317. The highest BCUT2D eigenvalue weighted by Gasteiger charge is 2.24. The Balaban J connectivity index is 3.28. The molecule has 0 atom stereocenters. The van der Waals surface area contributed by atoms with E-state index in [-0.39, 0.29) is 11.3 Å². The molecule has 0 saturated heterocycles. The fraction of sp³-hybridized carbons (Fsp3) is 0.400. The van der Waals surface area contributed by atoms with Crippen LogP contribution in [0.25, 0.3) is 0 Å². The smallest absolute Gasteiger partial charge is 0.122 e. The molecule has 0 saturated carbocycles. The molecule has 13 heavy (non-hydrogen) atoms. The van der Waals surface area contributed by atoms with Crippen LogP contribution in [0.5, 0.6) is 5.75 Å². The molecule has 1 aromatic carbocycles. The largest absolute Gasteiger partial charge is 0.508 e. The molecule has 0 aliphatic heterocycles. The summed E-state index contributed by atoms with van der Waals surface area (Å²) >= 11 is 5.99. The van der Waals surface area contributed by atoms with Crippen LogP contribution in [-0.4, -0.2) is 12.2 Å². The second-order valence-electron chi connectivity index (χ2n) is 3.51. The number of hydrogen-bond acceptors (Lipinski definition) is 2. The van der Waals surface area contributed by atoms with E-state index in [0.717, 1.165) is 5.56 Å². The Hall–Kier alpha value is -0.730. The van der Waals surface area contributed by atoms with Gasteiger partial charge < -0.3 is 10.4 Å². The Morgan fingerprint density at radius 1 is 1.38 bits per heavy atom. The van der Waals surface area contributed by atoms with Crippen LogP contribution >= 0.6 is 11.6 Å². The van der Waals surface area contributed by atoms with Gasteiger partial charge in [0.1, 0.15) is 5.75 Å². The highest BCUT2D eigenvalue weighted by molar-refractivity contribution is 6.31. The lowest BCUT2D eigenvalue weighted by Crippen LogP contribution is -2.33. The summed E-state index contributed by atoms with van der Waals surface area (Å²) in [7, 11) is 1.84. The Morgan fingerprint density at radius 3 is 2.46 bits per heavy atom. The molecule has 72 valence electrons. The monoisotopic (exact) mass is 199 g/mol. The fourth-order valence-electron chi connectivity index (χ4n) is 1.26. The lowest BCUT2D eigenvalue weighted by molar-refractivity contribution is 0.401. The number of halogens is 1. The highest BCUT2D eigenvalue weighted by atomic mass is 35.5. The normalized spacial score (nSPS) is 11.7. The number of phenols is 1. The summed E-state index contributed by atoms with van der Waals surface area (Å²) in [6.45, 7) is 3.93. The van der Waals surface area contributed by atoms with E-state index in [1.54, 1.807) is 18.2 Å². The Labute approximate surface area is 83.5 Å². The second kappa shape index (κ2) is 3.56. The number of phenolic OH excluding ortho intramolecular Hbond substituents is 1. The molecule has 0 bridgehead atoms. The van der Waals surface area contributed by atoms with E-state index in [2.05, 4.69) is 5.32 Å². The lowest BCUT2D eigenvalue weighted by atomic mass is 9.93. The van der Waals surface area contributed by atoms with Crippen molar-refractivity contribution in [3.8, 4) is 5.75 Å². The highest BCUT2D eigenvalue weighted by Crippen LogP contribution is 2.34. The summed E-state index contributed by atoms with van der Waals surface area (Å²) in [6, 6.07) is 5.14. The molecule has 0 aromatic heterocycles. The van der Waals surface area contributed by atoms with E-state index < -0.39 is 0 Å². The van der Waals surface area contributed by atoms with Gasteiger partial charge in [0.05, 0.1) is 0 Å². The molecule has 0 unspecified atom stereocenters. The van der Waals surface area contributed by atoms with Crippen molar-refractivity contribution < 1.29 is 5.11 Å². The minimum absolute atomic E-state index is 0.229. The van der Waals surface area contributed by atoms with Gasteiger partial charge in [-0.15, -0.1) is 0 Å². The van der Waals surface area contributed by atoms with E-state index in [0.29, 0.717) is 5.02 Å². The maximum atomic E-state index is 9.63. The molecule has 0 heterocycles. The summed E-state index contributed by atoms with van der Waals surface area (Å²) in [5, 5.41) is 13.3. The summed E-state index contributed by atoms with van der Waals surface area (Å²) in [5.41, 5.74) is 0.418. The molecule has 0 spiro atoms. The Bertz CT molecular complexity index is 290. The van der Waals surface area contributed by atoms with Gasteiger partial charge in [-0.3, -0.25) is 0 Å². The third-order valence-corrected chi connectivity index (χ3v) is 2.56. The lowest BCUT2D eigenvalue weighted by Gasteiger charge is -2.26. The Morgan fingerprint density at radius 2 is 2.00 bits per heavy atom. The molecule has 2 nitrogen and oxygen atoms in total. The number of hydrogen-bond donors (Lipinski definition) is 2. The maximum Gasteiger partial charge on any atom is 0.122 e. The number of nitrogens with one attached hydrogen (secondary N) is 1. The zero-order valence-electron chi connectivity index (χ0n) is 8.06. The van der Waals surface area contributed by atoms with E-state index in [1.807, 2.05) is 20.9 Å². The van der Waals surface area contributed by atoms with Crippen LogP contribution in [0.1, 0.15) is 19.4 Å². The summed E-state index contributed by atoms with van der Waals surface area (Å²) in [4.78, 5) is 0. The van der Waals surface area contributed by atoms with Gasteiger partial charge in [-0.25, -0.2) is 0 Å². The van der Waals surface area contributed by atoms with Crippen molar-refractivity contribution in [2.45, 2.75) is 19.4 Å². The molecule has 2 N–H and O–H groups in total. The SMILES string of the molecule is CNC(C)(C)c1c(O)cccc1Cl. The number of benzene rings is 1. The summed E-state index contributed by atoms with van der Waals surface area (Å²) < 4.78 is 0. The predicted octanol–water partition coefficient (Wildman–Crippen LogP) is 2.50. The summed E-state index contributed by atoms with van der Waals surface area (Å²) in [5.74, 6) is 0.229. The third kappa shape index (κ3) is 1.95. The molecule has 0 amide bonds. The summed E-state index contributed by atoms with van der Waals surface area (Å²) in [6.07, 6.45) is 0. The van der Waals surface area contributed by atoms with Crippen molar-refractivity contribution >= 4 is 11.6 Å². The zero-order valence-corrected chi connectivity index (χ0v) is 8.81. The van der Waals surface area contributed by atoms with Crippen LogP contribution in [0.2, 0.25) is 5.02 Å². The number of rotatable bonds is 2. The quantitative estimate of drug-likeness (QED) is 0.767. The maximum absolute atomic E-state index is 9.63. The van der Waals surface area contributed by atoms with Gasteiger partial charge in [-0.2, -0.15) is 0 Å². The number of aromatic hydroxyl groups is 1. The van der Waals surface area contributed by atoms with Crippen LogP contribution in [0.4, 0.5) is 0 Å². The van der Waals surface area contributed by atoms with E-state index in [1.165, 1.54) is 0 Å². The van der Waals surface area contributed by atoms with E-state index in [9.17, 15) is 5.11 Å². The van der Waals surface area contributed by atoms with Crippen LogP contribution in [0.15, 0.2) is 18.2 Å². The van der Waals surface area contributed by atoms with Crippen LogP contribution < -0.4 is 5.32 Å². The van der Waals surface area contributed by atoms with Crippen LogP contribution in [-0.2, 0) is 5.54 Å². The van der Waals surface area contributed by atoms with E-state index >= 15 is 0 Å². The van der Waals surface area contributed by atoms with Crippen LogP contribution in [0, 0.1) is 0 Å². The molecular weight excluding hydrogens is 186 g/mol. The predicted molar refractivity (Wildman–Crippen MR) is 55.2 cm³/mol. The van der Waals surface area contributed by atoms with Gasteiger partial charge in [0.15, 0.2) is 0 Å². The average molecular weight is 200 g/mol. The van der Waals surface area contributed by atoms with Crippen molar-refractivity contribution in [3.05, 3.63) is 28.8 Å². The van der Waals surface area contributed by atoms with Crippen LogP contribution in [0.3, 0.4) is 0 Å². The van der Waals surface area contributed by atoms with Crippen molar-refractivity contribution in [1.29, 1.82) is 0 Å². The van der Waals surface area contributed by atoms with Gasteiger partial charge in [0.25, 0.3) is 0 Å². The molecule has 1 rings (SSSR count). The minimum Gasteiger partial charge on any atom is -0.508 e. The van der Waals surface area contributed by atoms with E-state index in [4.69, 9.17) is 11.6 Å². The average Bonchev–Trinajstić information content (AvgIpc) is 2.03. The molecule has 0 aliphatic rings. The second-order valence-corrected chi connectivity index (χ2v) is 3.92. The topological polar surface area (TPSA) is 32.3 Å². The van der Waals surface area contributed by atoms with Crippen molar-refractivity contribution in [3.63, 3.8) is 0 Å². The van der Waals surface area contributed by atoms with Crippen molar-refractivity contribution in [1.82, 2.24) is 5.32 Å². The first kappa shape index (κ1) is 10.4. The van der Waals surface area contributed by atoms with Crippen molar-refractivity contribution in [2.75, 3.05) is 7.05 Å². The van der Waals surface area contributed by atoms with Gasteiger partial charge in [0.2, 0.25) is 0 Å². The van der Waals surface area contributed by atoms with Gasteiger partial charge in [0, 0.05) is 16.1 Å². The first-order valence-corrected chi connectivity index (χ1v) is 4.53. The first-order chi connectivity index (χ1) is 5.99. The zero-order chi connectivity index (χ0) is 10.1. The molecular formula is C10H14ClNO. The molecule has 3 heteroatoms. The van der Waals surface area contributed by atoms with Gasteiger partial charge >= 0.3 is 0 Å². The standard InChI is InChI=1S/C10H14ClNO/c1-10(2,12-3)9-7(11)5-4-6-8(9)13/h4-6,12-13H,1-3H3. The third-order valence-electron chi connectivity index (χ3n) is 2.24. The first-order valence-electron chi connectivity index (χ1n) is 4.16. The molecule has 0 aliphatic carbocycles. The molecule has 0 fully saturated rings. The fourth-order valence-corrected chi connectivity index (χ4v) is 1.66. The van der Waals surface area contributed by atoms with Gasteiger partial charge in [-0.05, 0) is 33.0 Å². The Kier molecular flexibility index (Phi) is 2.84. The molecule has 1 aromatic rings. The van der Waals surface area contributed by atoms with Gasteiger partial charge in [-0.1, -0.05) is 17.7 Å². The van der Waals surface area contributed by atoms with Crippen molar-refractivity contribution in [2.24, 2.45) is 0 Å². The molecule has 0 radical (unpaired) electrons.